The summed E-state index contributed by atoms with van der Waals surface area (Å²) in [5.74, 6) is -0.217. The van der Waals surface area contributed by atoms with Crippen molar-refractivity contribution in [3.05, 3.63) is 68.4 Å². The van der Waals surface area contributed by atoms with Gasteiger partial charge in [-0.3, -0.25) is 4.90 Å². The van der Waals surface area contributed by atoms with Crippen LogP contribution in [0.4, 0.5) is 4.39 Å². The largest absolute Gasteiger partial charge is 0.298 e. The second-order valence-corrected chi connectivity index (χ2v) is 6.31. The topological polar surface area (TPSA) is 3.24 Å². The van der Waals surface area contributed by atoms with Crippen LogP contribution in [-0.2, 0) is 13.1 Å². The molecule has 1 nitrogen and oxygen atoms in total. The van der Waals surface area contributed by atoms with Gasteiger partial charge in [0.1, 0.15) is 5.82 Å². The first-order valence-corrected chi connectivity index (χ1v) is 7.50. The number of nitrogens with zero attached hydrogens (tertiary/aromatic N) is 1. The molecule has 4 heteroatoms. The first-order chi connectivity index (χ1) is 9.04. The molecule has 0 aromatic heterocycles. The van der Waals surface area contributed by atoms with Gasteiger partial charge in [-0.15, -0.1) is 0 Å². The molecule has 0 N–H and O–H groups in total. The molecule has 0 radical (unpaired) electrons. The molecule has 0 amide bonds. The van der Waals surface area contributed by atoms with Gasteiger partial charge in [0, 0.05) is 22.0 Å². The number of halogens is 3. The Labute approximate surface area is 129 Å². The van der Waals surface area contributed by atoms with E-state index in [0.29, 0.717) is 0 Å². The van der Waals surface area contributed by atoms with Crippen LogP contribution in [0.3, 0.4) is 0 Å². The van der Waals surface area contributed by atoms with Crippen LogP contribution in [0, 0.1) is 5.82 Å². The van der Waals surface area contributed by atoms with E-state index < -0.39 is 0 Å². The molecule has 0 unspecified atom stereocenters. The Hall–Kier alpha value is -0.710. The van der Waals surface area contributed by atoms with Crippen molar-refractivity contribution in [1.82, 2.24) is 4.90 Å². The van der Waals surface area contributed by atoms with E-state index in [1.807, 2.05) is 18.2 Å². The lowest BCUT2D eigenvalue weighted by Crippen LogP contribution is -2.17. The summed E-state index contributed by atoms with van der Waals surface area (Å²) in [6.45, 7) is 1.62. The monoisotopic (exact) mass is 385 g/mol. The summed E-state index contributed by atoms with van der Waals surface area (Å²) in [5.41, 5.74) is 2.33. The van der Waals surface area contributed by atoms with Gasteiger partial charge >= 0.3 is 0 Å². The second-order valence-electron chi connectivity index (χ2n) is 4.54. The summed E-state index contributed by atoms with van der Waals surface area (Å²) in [6, 6.07) is 13.1. The van der Waals surface area contributed by atoms with Gasteiger partial charge in [-0.1, -0.05) is 50.1 Å². The molecule has 0 fully saturated rings. The smallest absolute Gasteiger partial charge is 0.124 e. The predicted octanol–water partition coefficient (Wildman–Crippen LogP) is 4.98. The fourth-order valence-corrected chi connectivity index (χ4v) is 2.87. The minimum Gasteiger partial charge on any atom is -0.298 e. The highest BCUT2D eigenvalue weighted by Gasteiger charge is 2.06. The Bertz CT molecular complexity index is 572. The van der Waals surface area contributed by atoms with Crippen molar-refractivity contribution in [2.24, 2.45) is 0 Å². The van der Waals surface area contributed by atoms with Gasteiger partial charge in [-0.05, 0) is 42.4 Å². The first-order valence-electron chi connectivity index (χ1n) is 5.91. The second kappa shape index (κ2) is 6.64. The highest BCUT2D eigenvalue weighted by Crippen LogP contribution is 2.20. The zero-order valence-corrected chi connectivity index (χ0v) is 13.7. The first kappa shape index (κ1) is 14.7. The summed E-state index contributed by atoms with van der Waals surface area (Å²) < 4.78 is 14.9. The Kier molecular flexibility index (Phi) is 5.13. The van der Waals surface area contributed by atoms with E-state index in [1.165, 1.54) is 17.7 Å². The number of hydrogen-bond donors (Lipinski definition) is 0. The molecule has 0 spiro atoms. The summed E-state index contributed by atoms with van der Waals surface area (Å²) in [6.07, 6.45) is 0. The van der Waals surface area contributed by atoms with Crippen molar-refractivity contribution in [3.63, 3.8) is 0 Å². The highest BCUT2D eigenvalue weighted by atomic mass is 79.9. The molecule has 2 aromatic rings. The van der Waals surface area contributed by atoms with E-state index in [2.05, 4.69) is 55.9 Å². The van der Waals surface area contributed by atoms with E-state index in [9.17, 15) is 4.39 Å². The standard InChI is InChI=1S/C15H14Br2FN/c1-19(9-11-3-2-4-13(16)7-11)10-12-5-6-14(18)8-15(12)17/h2-8H,9-10H2,1H3. The normalized spacial score (nSPS) is 11.0. The maximum absolute atomic E-state index is 13.0. The quantitative estimate of drug-likeness (QED) is 0.715. The molecule has 0 bridgehead atoms. The van der Waals surface area contributed by atoms with Gasteiger partial charge in [0.05, 0.1) is 0 Å². The third-order valence-electron chi connectivity index (χ3n) is 2.80. The Morgan fingerprint density at radius 1 is 1.05 bits per heavy atom. The van der Waals surface area contributed by atoms with Crippen molar-refractivity contribution >= 4 is 31.9 Å². The number of benzene rings is 2. The molecule has 0 atom stereocenters. The molecule has 19 heavy (non-hydrogen) atoms. The van der Waals surface area contributed by atoms with Crippen LogP contribution in [0.15, 0.2) is 51.4 Å². The van der Waals surface area contributed by atoms with Crippen molar-refractivity contribution in [1.29, 1.82) is 0 Å². The molecule has 0 saturated heterocycles. The fraction of sp³-hybridized carbons (Fsp3) is 0.200. The molecular weight excluding hydrogens is 373 g/mol. The van der Waals surface area contributed by atoms with Gasteiger partial charge < -0.3 is 0 Å². The highest BCUT2D eigenvalue weighted by molar-refractivity contribution is 9.10. The molecule has 0 saturated carbocycles. The molecule has 0 aliphatic heterocycles. The zero-order valence-electron chi connectivity index (χ0n) is 10.5. The van der Waals surface area contributed by atoms with Gasteiger partial charge in [-0.25, -0.2) is 4.39 Å². The van der Waals surface area contributed by atoms with Crippen molar-refractivity contribution in [3.8, 4) is 0 Å². The Morgan fingerprint density at radius 2 is 1.84 bits per heavy atom. The molecule has 100 valence electrons. The van der Waals surface area contributed by atoms with Crippen LogP contribution < -0.4 is 0 Å². The van der Waals surface area contributed by atoms with Gasteiger partial charge in [-0.2, -0.15) is 0 Å². The summed E-state index contributed by atoms with van der Waals surface area (Å²) in [7, 11) is 2.05. The van der Waals surface area contributed by atoms with Crippen LogP contribution >= 0.6 is 31.9 Å². The van der Waals surface area contributed by atoms with Crippen molar-refractivity contribution in [2.75, 3.05) is 7.05 Å². The molecule has 0 aliphatic rings. The minimum absolute atomic E-state index is 0.217. The molecule has 0 heterocycles. The van der Waals surface area contributed by atoms with Crippen LogP contribution in [0.5, 0.6) is 0 Å². The van der Waals surface area contributed by atoms with E-state index in [4.69, 9.17) is 0 Å². The average Bonchev–Trinajstić information content (AvgIpc) is 2.33. The zero-order chi connectivity index (χ0) is 13.8. The SMILES string of the molecule is CN(Cc1cccc(Br)c1)Cc1ccc(F)cc1Br. The minimum atomic E-state index is -0.217. The van der Waals surface area contributed by atoms with Crippen molar-refractivity contribution < 1.29 is 4.39 Å². The van der Waals surface area contributed by atoms with E-state index in [1.54, 1.807) is 0 Å². The molecule has 2 rings (SSSR count). The van der Waals surface area contributed by atoms with Gasteiger partial charge in [0.2, 0.25) is 0 Å². The van der Waals surface area contributed by atoms with Gasteiger partial charge in [0.25, 0.3) is 0 Å². The third-order valence-corrected chi connectivity index (χ3v) is 4.03. The molecule has 0 aliphatic carbocycles. The maximum atomic E-state index is 13.0. The fourth-order valence-electron chi connectivity index (χ4n) is 1.94. The van der Waals surface area contributed by atoms with E-state index in [0.717, 1.165) is 27.6 Å². The lowest BCUT2D eigenvalue weighted by atomic mass is 10.2. The summed E-state index contributed by atoms with van der Waals surface area (Å²) >= 11 is 6.87. The summed E-state index contributed by atoms with van der Waals surface area (Å²) in [4.78, 5) is 2.19. The number of hydrogen-bond acceptors (Lipinski definition) is 1. The van der Waals surface area contributed by atoms with Gasteiger partial charge in [0.15, 0.2) is 0 Å². The molecular formula is C15H14Br2FN. The summed E-state index contributed by atoms with van der Waals surface area (Å²) in [5, 5.41) is 0. The lowest BCUT2D eigenvalue weighted by Gasteiger charge is -2.18. The molecule has 2 aromatic carbocycles. The van der Waals surface area contributed by atoms with Crippen LogP contribution in [0.2, 0.25) is 0 Å². The lowest BCUT2D eigenvalue weighted by molar-refractivity contribution is 0.318. The Balaban J connectivity index is 2.03. The number of rotatable bonds is 4. The Morgan fingerprint density at radius 3 is 2.53 bits per heavy atom. The third kappa shape index (κ3) is 4.41. The van der Waals surface area contributed by atoms with Crippen LogP contribution in [-0.4, -0.2) is 11.9 Å². The van der Waals surface area contributed by atoms with E-state index >= 15 is 0 Å². The predicted molar refractivity (Wildman–Crippen MR) is 83.4 cm³/mol. The maximum Gasteiger partial charge on any atom is 0.124 e. The van der Waals surface area contributed by atoms with Crippen molar-refractivity contribution in [2.45, 2.75) is 13.1 Å². The van der Waals surface area contributed by atoms with Crippen LogP contribution in [0.1, 0.15) is 11.1 Å². The van der Waals surface area contributed by atoms with Crippen LogP contribution in [0.25, 0.3) is 0 Å². The average molecular weight is 387 g/mol. The van der Waals surface area contributed by atoms with E-state index in [-0.39, 0.29) is 5.82 Å².